The molecule has 0 saturated heterocycles. The van der Waals surface area contributed by atoms with Crippen LogP contribution in [0.1, 0.15) is 13.8 Å². The Morgan fingerprint density at radius 3 is 2.20 bits per heavy atom. The van der Waals surface area contributed by atoms with Crippen LogP contribution in [0.5, 0.6) is 0 Å². The molecule has 0 spiro atoms. The van der Waals surface area contributed by atoms with Gasteiger partial charge in [-0.25, -0.2) is 8.42 Å². The number of halogens is 1. The van der Waals surface area contributed by atoms with Crippen LogP contribution in [0.15, 0.2) is 29.2 Å². The van der Waals surface area contributed by atoms with Crippen LogP contribution in [0.25, 0.3) is 0 Å². The number of nitrogens with one attached hydrogen (secondary N) is 1. The molecule has 0 fully saturated rings. The average Bonchev–Trinajstić information content (AvgIpc) is 2.19. The average molecular weight is 248 g/mol. The van der Waals surface area contributed by atoms with Crippen molar-refractivity contribution in [3.63, 3.8) is 0 Å². The molecule has 0 aliphatic heterocycles. The third-order valence-corrected chi connectivity index (χ3v) is 4.38. The van der Waals surface area contributed by atoms with Crippen LogP contribution < -0.4 is 5.32 Å². The van der Waals surface area contributed by atoms with E-state index in [1.54, 1.807) is 38.1 Å². The van der Waals surface area contributed by atoms with Crippen LogP contribution in [-0.2, 0) is 9.84 Å². The number of rotatable bonds is 4. The van der Waals surface area contributed by atoms with Gasteiger partial charge in [0.1, 0.15) is 0 Å². The summed E-state index contributed by atoms with van der Waals surface area (Å²) in [5, 5.41) is 2.49. The molecule has 0 amide bonds. The minimum Gasteiger partial charge on any atom is -0.372 e. The van der Waals surface area contributed by atoms with Crippen molar-refractivity contribution in [2.45, 2.75) is 24.0 Å². The molecule has 84 valence electrons. The molecule has 0 saturated carbocycles. The minimum atomic E-state index is -3.17. The fourth-order valence-corrected chi connectivity index (χ4v) is 2.33. The van der Waals surface area contributed by atoms with Crippen LogP contribution in [-0.4, -0.2) is 19.7 Å². The van der Waals surface area contributed by atoms with Gasteiger partial charge >= 0.3 is 0 Å². The summed E-state index contributed by atoms with van der Waals surface area (Å²) in [6.07, 6.45) is 0. The van der Waals surface area contributed by atoms with Crippen LogP contribution in [0.4, 0.5) is 5.69 Å². The van der Waals surface area contributed by atoms with E-state index in [1.807, 2.05) is 0 Å². The Balaban J connectivity index is 2.99. The first kappa shape index (κ1) is 12.3. The van der Waals surface area contributed by atoms with Gasteiger partial charge in [0, 0.05) is 5.69 Å². The number of sulfone groups is 1. The van der Waals surface area contributed by atoms with Crippen LogP contribution in [0.3, 0.4) is 0 Å². The summed E-state index contributed by atoms with van der Waals surface area (Å²) >= 11 is 5.49. The molecule has 1 N–H and O–H groups in total. The first-order chi connectivity index (χ1) is 6.98. The zero-order valence-electron chi connectivity index (χ0n) is 8.70. The third kappa shape index (κ3) is 2.86. The highest BCUT2D eigenvalue weighted by atomic mass is 35.5. The van der Waals surface area contributed by atoms with Gasteiger partial charge in [-0.2, -0.15) is 0 Å². The standard InChI is InChI=1S/C10H14ClNO2S/c1-8(2)15(13,14)10-5-3-9(4-6-10)12-7-11/h3-6,8,12H,7H2,1-2H3. The lowest BCUT2D eigenvalue weighted by Crippen LogP contribution is -2.13. The first-order valence-corrected chi connectivity index (χ1v) is 6.70. The molecular formula is C10H14ClNO2S. The summed E-state index contributed by atoms with van der Waals surface area (Å²) in [6.45, 7) is 3.33. The molecule has 0 unspecified atom stereocenters. The Morgan fingerprint density at radius 2 is 1.80 bits per heavy atom. The predicted octanol–water partition coefficient (Wildman–Crippen LogP) is 2.48. The van der Waals surface area contributed by atoms with E-state index in [9.17, 15) is 8.42 Å². The molecule has 0 atom stereocenters. The summed E-state index contributed by atoms with van der Waals surface area (Å²) in [5.41, 5.74) is 0.813. The van der Waals surface area contributed by atoms with Gasteiger partial charge in [-0.05, 0) is 38.1 Å². The SMILES string of the molecule is CC(C)S(=O)(=O)c1ccc(NCCl)cc1. The Hall–Kier alpha value is -0.740. The predicted molar refractivity (Wildman–Crippen MR) is 63.1 cm³/mol. The highest BCUT2D eigenvalue weighted by Gasteiger charge is 2.18. The highest BCUT2D eigenvalue weighted by Crippen LogP contribution is 2.18. The monoisotopic (exact) mass is 247 g/mol. The van der Waals surface area contributed by atoms with Crippen molar-refractivity contribution >= 4 is 27.1 Å². The van der Waals surface area contributed by atoms with Crippen molar-refractivity contribution in [3.05, 3.63) is 24.3 Å². The summed E-state index contributed by atoms with van der Waals surface area (Å²) < 4.78 is 23.5. The Kier molecular flexibility index (Phi) is 3.99. The molecule has 0 aliphatic rings. The smallest absolute Gasteiger partial charge is 0.180 e. The molecule has 0 radical (unpaired) electrons. The van der Waals surface area contributed by atoms with E-state index < -0.39 is 15.1 Å². The van der Waals surface area contributed by atoms with E-state index in [4.69, 9.17) is 11.6 Å². The molecule has 1 aromatic rings. The maximum atomic E-state index is 11.8. The number of alkyl halides is 1. The molecule has 1 rings (SSSR count). The van der Waals surface area contributed by atoms with Gasteiger partial charge in [0.2, 0.25) is 0 Å². The number of hydrogen-bond donors (Lipinski definition) is 1. The van der Waals surface area contributed by atoms with Gasteiger partial charge in [-0.3, -0.25) is 0 Å². The Labute approximate surface area is 95.4 Å². The van der Waals surface area contributed by atoms with Gasteiger partial charge < -0.3 is 5.32 Å². The van der Waals surface area contributed by atoms with Gasteiger partial charge in [0.15, 0.2) is 9.84 Å². The van der Waals surface area contributed by atoms with E-state index in [2.05, 4.69) is 5.32 Å². The zero-order valence-corrected chi connectivity index (χ0v) is 10.3. The van der Waals surface area contributed by atoms with E-state index >= 15 is 0 Å². The van der Waals surface area contributed by atoms with E-state index in [1.165, 1.54) is 0 Å². The lowest BCUT2D eigenvalue weighted by Gasteiger charge is -2.08. The highest BCUT2D eigenvalue weighted by molar-refractivity contribution is 7.92. The third-order valence-electron chi connectivity index (χ3n) is 2.07. The molecule has 1 aromatic carbocycles. The molecule has 0 heterocycles. The summed E-state index contributed by atoms with van der Waals surface area (Å²) in [4.78, 5) is 0.345. The fraction of sp³-hybridized carbons (Fsp3) is 0.400. The maximum Gasteiger partial charge on any atom is 0.180 e. The summed E-state index contributed by atoms with van der Waals surface area (Å²) in [5.74, 6) is 0. The lowest BCUT2D eigenvalue weighted by molar-refractivity contribution is 0.587. The van der Waals surface area contributed by atoms with E-state index in [0.29, 0.717) is 10.9 Å². The van der Waals surface area contributed by atoms with Crippen LogP contribution >= 0.6 is 11.6 Å². The van der Waals surface area contributed by atoms with Crippen LogP contribution in [0.2, 0.25) is 0 Å². The van der Waals surface area contributed by atoms with E-state index in [0.717, 1.165) is 5.69 Å². The Bertz CT molecular complexity index is 412. The summed E-state index contributed by atoms with van der Waals surface area (Å²) in [7, 11) is -3.17. The molecular weight excluding hydrogens is 234 g/mol. The number of anilines is 1. The van der Waals surface area contributed by atoms with Gasteiger partial charge in [-0.1, -0.05) is 0 Å². The quantitative estimate of drug-likeness (QED) is 0.657. The molecule has 0 aromatic heterocycles. The Morgan fingerprint density at radius 1 is 1.27 bits per heavy atom. The second-order valence-corrected chi connectivity index (χ2v) is 6.20. The molecule has 3 nitrogen and oxygen atoms in total. The van der Waals surface area contributed by atoms with Crippen LogP contribution in [0, 0.1) is 0 Å². The van der Waals surface area contributed by atoms with Crippen molar-refractivity contribution in [2.75, 3.05) is 11.3 Å². The minimum absolute atomic E-state index is 0.302. The normalized spacial score (nSPS) is 11.7. The van der Waals surface area contributed by atoms with Gasteiger partial charge in [-0.15, -0.1) is 11.6 Å². The second kappa shape index (κ2) is 4.86. The summed E-state index contributed by atoms with van der Waals surface area (Å²) in [6, 6.07) is 6.89. The largest absolute Gasteiger partial charge is 0.372 e. The van der Waals surface area contributed by atoms with Crippen molar-refractivity contribution in [2.24, 2.45) is 0 Å². The van der Waals surface area contributed by atoms with Crippen molar-refractivity contribution in [3.8, 4) is 0 Å². The second-order valence-electron chi connectivity index (χ2n) is 3.43. The van der Waals surface area contributed by atoms with Crippen molar-refractivity contribution < 1.29 is 8.42 Å². The maximum absolute atomic E-state index is 11.8. The van der Waals surface area contributed by atoms with Gasteiger partial charge in [0.05, 0.1) is 16.1 Å². The molecule has 15 heavy (non-hydrogen) atoms. The van der Waals surface area contributed by atoms with Gasteiger partial charge in [0.25, 0.3) is 0 Å². The zero-order chi connectivity index (χ0) is 11.5. The first-order valence-electron chi connectivity index (χ1n) is 4.62. The van der Waals surface area contributed by atoms with Crippen molar-refractivity contribution in [1.82, 2.24) is 0 Å². The van der Waals surface area contributed by atoms with E-state index in [-0.39, 0.29) is 0 Å². The number of hydrogen-bond acceptors (Lipinski definition) is 3. The van der Waals surface area contributed by atoms with Crippen molar-refractivity contribution in [1.29, 1.82) is 0 Å². The molecule has 0 bridgehead atoms. The lowest BCUT2D eigenvalue weighted by atomic mass is 10.3. The molecule has 0 aliphatic carbocycles. The molecule has 5 heteroatoms. The topological polar surface area (TPSA) is 46.2 Å². The fourth-order valence-electron chi connectivity index (χ4n) is 1.11. The number of benzene rings is 1.